The summed E-state index contributed by atoms with van der Waals surface area (Å²) >= 11 is 0. The summed E-state index contributed by atoms with van der Waals surface area (Å²) in [6.07, 6.45) is 0. The van der Waals surface area contributed by atoms with Crippen molar-refractivity contribution in [3.05, 3.63) is 150 Å². The Morgan fingerprint density at radius 1 is 0.548 bits per heavy atom. The fraction of sp³-hybridized carbons (Fsp3) is 0. The molecule has 8 aromatic rings. The van der Waals surface area contributed by atoms with Gasteiger partial charge in [0.2, 0.25) is 0 Å². The first-order valence-corrected chi connectivity index (χ1v) is 13.8. The molecule has 6 aromatic carbocycles. The molecule has 0 saturated carbocycles. The van der Waals surface area contributed by atoms with Crippen LogP contribution in [0.2, 0.25) is 0 Å². The highest BCUT2D eigenvalue weighted by Gasteiger charge is 2.19. The van der Waals surface area contributed by atoms with Crippen molar-refractivity contribution in [1.29, 1.82) is 5.26 Å². The molecule has 194 valence electrons. The van der Waals surface area contributed by atoms with Crippen molar-refractivity contribution in [1.82, 2.24) is 9.13 Å². The normalized spacial score (nSPS) is 11.3. The van der Waals surface area contributed by atoms with Crippen LogP contribution in [0.25, 0.3) is 71.0 Å². The average Bonchev–Trinajstić information content (AvgIpc) is 3.57. The van der Waals surface area contributed by atoms with Gasteiger partial charge in [-0.05, 0) is 77.2 Å². The zero-order chi connectivity index (χ0) is 28.2. The molecule has 0 aliphatic carbocycles. The summed E-state index contributed by atoms with van der Waals surface area (Å²) in [5, 5.41) is 14.0. The number of nitrogens with zero attached hydrogens (tertiary/aromatic N) is 4. The van der Waals surface area contributed by atoms with Gasteiger partial charge in [0.15, 0.2) is 5.69 Å². The first-order chi connectivity index (χ1) is 20.7. The smallest absolute Gasteiger partial charge is 0.188 e. The molecule has 2 heterocycles. The third kappa shape index (κ3) is 3.47. The second-order valence-corrected chi connectivity index (χ2v) is 10.4. The number of para-hydroxylation sites is 2. The first-order valence-electron chi connectivity index (χ1n) is 13.8. The van der Waals surface area contributed by atoms with Crippen LogP contribution in [-0.2, 0) is 0 Å². The van der Waals surface area contributed by atoms with Gasteiger partial charge in [-0.3, -0.25) is 0 Å². The molecular formula is C38H22N4. The highest BCUT2D eigenvalue weighted by Crippen LogP contribution is 2.40. The summed E-state index contributed by atoms with van der Waals surface area (Å²) in [6.45, 7) is 7.57. The van der Waals surface area contributed by atoms with Crippen LogP contribution in [0.1, 0.15) is 5.56 Å². The summed E-state index contributed by atoms with van der Waals surface area (Å²) in [4.78, 5) is 3.70. The first kappa shape index (κ1) is 23.8. The van der Waals surface area contributed by atoms with E-state index in [1.807, 2.05) is 36.4 Å². The van der Waals surface area contributed by atoms with E-state index in [9.17, 15) is 5.26 Å². The number of rotatable bonds is 3. The van der Waals surface area contributed by atoms with Crippen molar-refractivity contribution in [3.8, 4) is 28.6 Å². The zero-order valence-corrected chi connectivity index (χ0v) is 22.5. The lowest BCUT2D eigenvalue weighted by atomic mass is 10.0. The lowest BCUT2D eigenvalue weighted by Crippen LogP contribution is -1.97. The third-order valence-corrected chi connectivity index (χ3v) is 8.13. The van der Waals surface area contributed by atoms with Crippen LogP contribution in [0, 0.1) is 17.9 Å². The standard InChI is InChI=1S/C38H22N4/c1-40-28-19-20-35-32(23-28)30-13-2-4-15-33(30)42(35)37-18-8-17-36-38(37)31-14-3-5-16-34(31)41(36)29-12-7-11-27(22-29)26-10-6-9-25(21-26)24-39/h2-23H. The van der Waals surface area contributed by atoms with E-state index in [2.05, 4.69) is 117 Å². The van der Waals surface area contributed by atoms with Crippen LogP contribution in [0.15, 0.2) is 133 Å². The van der Waals surface area contributed by atoms with E-state index in [1.54, 1.807) is 0 Å². The van der Waals surface area contributed by atoms with Crippen molar-refractivity contribution in [2.45, 2.75) is 0 Å². The SMILES string of the molecule is [C-]#[N+]c1ccc2c(c1)c1ccccc1n2-c1cccc2c1c1ccccc1n2-c1cccc(-c2cccc(C#N)c2)c1. The summed E-state index contributed by atoms with van der Waals surface area (Å²) < 4.78 is 4.66. The van der Waals surface area contributed by atoms with Crippen LogP contribution in [-0.4, -0.2) is 9.13 Å². The fourth-order valence-corrected chi connectivity index (χ4v) is 6.35. The average molecular weight is 535 g/mol. The van der Waals surface area contributed by atoms with Crippen molar-refractivity contribution in [2.75, 3.05) is 0 Å². The van der Waals surface area contributed by atoms with E-state index >= 15 is 0 Å². The van der Waals surface area contributed by atoms with Gasteiger partial charge in [0.1, 0.15) is 0 Å². The zero-order valence-electron chi connectivity index (χ0n) is 22.5. The maximum absolute atomic E-state index is 9.44. The fourth-order valence-electron chi connectivity index (χ4n) is 6.35. The van der Waals surface area contributed by atoms with Crippen LogP contribution in [0.5, 0.6) is 0 Å². The van der Waals surface area contributed by atoms with Crippen molar-refractivity contribution < 1.29 is 0 Å². The Bertz CT molecular complexity index is 2440. The summed E-state index contributed by atoms with van der Waals surface area (Å²) in [7, 11) is 0. The van der Waals surface area contributed by atoms with Gasteiger partial charge < -0.3 is 9.13 Å². The van der Waals surface area contributed by atoms with Gasteiger partial charge >= 0.3 is 0 Å². The highest BCUT2D eigenvalue weighted by molar-refractivity contribution is 6.16. The molecule has 0 bridgehead atoms. The minimum Gasteiger partial charge on any atom is -0.309 e. The Hall–Kier alpha value is -6.10. The van der Waals surface area contributed by atoms with E-state index in [1.165, 1.54) is 10.8 Å². The molecule has 8 rings (SSSR count). The Morgan fingerprint density at radius 2 is 1.21 bits per heavy atom. The third-order valence-electron chi connectivity index (χ3n) is 8.13. The van der Waals surface area contributed by atoms with E-state index in [0.29, 0.717) is 11.3 Å². The maximum atomic E-state index is 9.44. The number of benzene rings is 6. The molecule has 0 saturated heterocycles. The molecule has 0 amide bonds. The second kappa shape index (κ2) is 9.24. The van der Waals surface area contributed by atoms with Gasteiger partial charge in [-0.2, -0.15) is 5.26 Å². The van der Waals surface area contributed by atoms with Gasteiger partial charge in [0.25, 0.3) is 0 Å². The molecular weight excluding hydrogens is 512 g/mol. The lowest BCUT2D eigenvalue weighted by Gasteiger charge is -2.12. The molecule has 0 spiro atoms. The van der Waals surface area contributed by atoms with Crippen LogP contribution in [0.3, 0.4) is 0 Å². The molecule has 2 aromatic heterocycles. The van der Waals surface area contributed by atoms with E-state index < -0.39 is 0 Å². The highest BCUT2D eigenvalue weighted by atomic mass is 15.0. The molecule has 0 radical (unpaired) electrons. The molecule has 4 heteroatoms. The Balaban J connectivity index is 1.44. The lowest BCUT2D eigenvalue weighted by molar-refractivity contribution is 1.17. The summed E-state index contributed by atoms with van der Waals surface area (Å²) in [6, 6.07) is 48.0. The molecule has 4 nitrogen and oxygen atoms in total. The van der Waals surface area contributed by atoms with Crippen LogP contribution < -0.4 is 0 Å². The number of fused-ring (bicyclic) bond motifs is 6. The number of hydrogen-bond acceptors (Lipinski definition) is 1. The Labute approximate surface area is 242 Å². The van der Waals surface area contributed by atoms with Gasteiger partial charge in [0.05, 0.1) is 46.0 Å². The molecule has 0 unspecified atom stereocenters. The predicted molar refractivity (Wildman–Crippen MR) is 172 cm³/mol. The van der Waals surface area contributed by atoms with E-state index in [0.717, 1.165) is 55.3 Å². The minimum atomic E-state index is 0.639. The predicted octanol–water partition coefficient (Wildman–Crippen LogP) is 9.97. The van der Waals surface area contributed by atoms with Gasteiger partial charge in [-0.1, -0.05) is 72.8 Å². The number of aromatic nitrogens is 2. The van der Waals surface area contributed by atoms with Crippen molar-refractivity contribution in [2.24, 2.45) is 0 Å². The topological polar surface area (TPSA) is 38.0 Å². The van der Waals surface area contributed by atoms with E-state index in [4.69, 9.17) is 6.57 Å². The second-order valence-electron chi connectivity index (χ2n) is 10.4. The molecule has 0 fully saturated rings. The van der Waals surface area contributed by atoms with Crippen LogP contribution in [0.4, 0.5) is 5.69 Å². The quantitative estimate of drug-likeness (QED) is 0.208. The molecule has 0 N–H and O–H groups in total. The van der Waals surface area contributed by atoms with Gasteiger partial charge in [-0.25, -0.2) is 4.85 Å². The molecule has 42 heavy (non-hydrogen) atoms. The minimum absolute atomic E-state index is 0.639. The summed E-state index contributed by atoms with van der Waals surface area (Å²) in [5.41, 5.74) is 9.94. The monoisotopic (exact) mass is 534 g/mol. The number of nitriles is 1. The Morgan fingerprint density at radius 3 is 2.02 bits per heavy atom. The largest absolute Gasteiger partial charge is 0.309 e. The van der Waals surface area contributed by atoms with E-state index in [-0.39, 0.29) is 0 Å². The number of hydrogen-bond donors (Lipinski definition) is 0. The molecule has 0 aliphatic rings. The van der Waals surface area contributed by atoms with Crippen molar-refractivity contribution >= 4 is 49.3 Å². The van der Waals surface area contributed by atoms with Gasteiger partial charge in [0, 0.05) is 21.8 Å². The Kier molecular flexibility index (Phi) is 5.22. The maximum Gasteiger partial charge on any atom is 0.188 e. The molecule has 0 atom stereocenters. The van der Waals surface area contributed by atoms with Crippen LogP contribution >= 0.6 is 0 Å². The summed E-state index contributed by atoms with van der Waals surface area (Å²) in [5.74, 6) is 0. The molecule has 0 aliphatic heterocycles. The van der Waals surface area contributed by atoms with Gasteiger partial charge in [-0.15, -0.1) is 0 Å². The van der Waals surface area contributed by atoms with Crippen molar-refractivity contribution in [3.63, 3.8) is 0 Å².